The molecule has 0 radical (unpaired) electrons. The molecule has 6 aliphatic rings. The van der Waals surface area contributed by atoms with Crippen LogP contribution in [0.3, 0.4) is 0 Å². The quantitative estimate of drug-likeness (QED) is 0.368. The number of allylic oxidation sites excluding steroid dienone is 1. The van der Waals surface area contributed by atoms with E-state index in [2.05, 4.69) is 75.3 Å². The minimum absolute atomic E-state index is 0.116. The van der Waals surface area contributed by atoms with Gasteiger partial charge >= 0.3 is 5.97 Å². The average molecular weight is 625 g/mol. The van der Waals surface area contributed by atoms with Crippen molar-refractivity contribution >= 4 is 11.9 Å². The van der Waals surface area contributed by atoms with E-state index in [1.807, 2.05) is 0 Å². The van der Waals surface area contributed by atoms with Crippen LogP contribution in [-0.2, 0) is 14.3 Å². The van der Waals surface area contributed by atoms with Crippen LogP contribution in [0.1, 0.15) is 99.5 Å². The zero-order valence-corrected chi connectivity index (χ0v) is 28.5. The number of hydrogen-bond donors (Lipinski definition) is 3. The summed E-state index contributed by atoms with van der Waals surface area (Å²) >= 11 is 0. The Labute approximate surface area is 268 Å². The van der Waals surface area contributed by atoms with E-state index in [9.17, 15) is 9.90 Å². The van der Waals surface area contributed by atoms with Crippen molar-refractivity contribution in [3.63, 3.8) is 0 Å². The molecule has 12 atom stereocenters. The van der Waals surface area contributed by atoms with E-state index in [4.69, 9.17) is 15.2 Å². The Morgan fingerprint density at radius 3 is 2.56 bits per heavy atom. The van der Waals surface area contributed by atoms with Crippen LogP contribution in [0.15, 0.2) is 11.6 Å². The maximum Gasteiger partial charge on any atom is 0.307 e. The minimum atomic E-state index is -0.621. The number of carboxylic acid groups (broad SMARTS) is 1. The number of carbonyl (C=O) groups is 1. The Hall–Kier alpha value is -2.04. The molecule has 0 amide bonds. The minimum Gasteiger partial charge on any atom is -0.481 e. The molecule has 1 unspecified atom stereocenters. The first-order chi connectivity index (χ1) is 21.2. The van der Waals surface area contributed by atoms with Crippen LogP contribution in [0.2, 0.25) is 0 Å². The number of nitrogens with zero attached hydrogens (tertiary/aromatic N) is 4. The number of ether oxygens (including phenoxy) is 2. The summed E-state index contributed by atoms with van der Waals surface area (Å²) in [5.74, 6) is 0.622. The van der Waals surface area contributed by atoms with Crippen LogP contribution in [0.25, 0.3) is 0 Å². The molecule has 7 rings (SSSR count). The highest BCUT2D eigenvalue weighted by Gasteiger charge is 2.72. The molecule has 4 N–H and O–H groups in total. The fraction of sp³-hybridized carbons (Fsp3) is 0.886. The van der Waals surface area contributed by atoms with E-state index in [0.29, 0.717) is 36.9 Å². The maximum absolute atomic E-state index is 13.4. The molecule has 2 bridgehead atoms. The van der Waals surface area contributed by atoms with Crippen LogP contribution in [-0.4, -0.2) is 69.8 Å². The van der Waals surface area contributed by atoms with Gasteiger partial charge in [0.2, 0.25) is 0 Å². The fourth-order valence-corrected chi connectivity index (χ4v) is 12.4. The van der Waals surface area contributed by atoms with Crippen molar-refractivity contribution in [2.45, 2.75) is 112 Å². The number of tetrazole rings is 1. The third-order valence-electron chi connectivity index (χ3n) is 15.2. The van der Waals surface area contributed by atoms with Gasteiger partial charge in [-0.1, -0.05) is 65.2 Å². The van der Waals surface area contributed by atoms with Crippen molar-refractivity contribution in [1.82, 2.24) is 25.5 Å². The molecule has 0 aromatic carbocycles. The highest BCUT2D eigenvalue weighted by molar-refractivity contribution is 5.73. The molecule has 2 aliphatic heterocycles. The molecule has 5 fully saturated rings. The Morgan fingerprint density at radius 1 is 1.13 bits per heavy atom. The monoisotopic (exact) mass is 624 g/mol. The first-order valence-corrected chi connectivity index (χ1v) is 17.6. The number of aromatic nitrogens is 4. The number of hydrogen-bond acceptors (Lipinski definition) is 8. The molecule has 10 heteroatoms. The molecule has 1 aromatic heterocycles. The van der Waals surface area contributed by atoms with Crippen molar-refractivity contribution in [3.8, 4) is 0 Å². The predicted octanol–water partition coefficient (Wildman–Crippen LogP) is 5.13. The molecule has 250 valence electrons. The normalized spacial score (nSPS) is 48.2. The molecule has 3 saturated carbocycles. The summed E-state index contributed by atoms with van der Waals surface area (Å²) in [7, 11) is 0. The number of anilines is 1. The van der Waals surface area contributed by atoms with E-state index in [0.717, 1.165) is 58.0 Å². The molecule has 0 spiro atoms. The van der Waals surface area contributed by atoms with Gasteiger partial charge < -0.3 is 25.6 Å². The maximum atomic E-state index is 13.4. The van der Waals surface area contributed by atoms with Gasteiger partial charge in [0.25, 0.3) is 5.95 Å². The second kappa shape index (κ2) is 10.5. The van der Waals surface area contributed by atoms with Crippen LogP contribution in [0, 0.1) is 56.7 Å². The highest BCUT2D eigenvalue weighted by atomic mass is 16.5. The number of carboxylic acids is 1. The van der Waals surface area contributed by atoms with Gasteiger partial charge in [-0.3, -0.25) is 4.79 Å². The van der Waals surface area contributed by atoms with Crippen LogP contribution >= 0.6 is 0 Å². The molecular weight excluding hydrogens is 568 g/mol. The lowest BCUT2D eigenvalue weighted by Gasteiger charge is -2.71. The van der Waals surface area contributed by atoms with Crippen molar-refractivity contribution < 1.29 is 19.4 Å². The number of nitrogens with two attached hydrogens (primary N) is 1. The van der Waals surface area contributed by atoms with E-state index in [1.165, 1.54) is 5.57 Å². The van der Waals surface area contributed by atoms with Crippen molar-refractivity contribution in [3.05, 3.63) is 11.6 Å². The van der Waals surface area contributed by atoms with E-state index < -0.39 is 11.9 Å². The Kier molecular flexibility index (Phi) is 7.35. The summed E-state index contributed by atoms with van der Waals surface area (Å²) in [6.45, 7) is 19.3. The predicted molar refractivity (Wildman–Crippen MR) is 171 cm³/mol. The Bertz CT molecular complexity index is 1360. The van der Waals surface area contributed by atoms with Gasteiger partial charge in [0.05, 0.1) is 31.3 Å². The summed E-state index contributed by atoms with van der Waals surface area (Å²) in [6.07, 6.45) is 9.27. The van der Waals surface area contributed by atoms with E-state index in [1.54, 1.807) is 4.80 Å². The van der Waals surface area contributed by atoms with Crippen molar-refractivity contribution in [2.24, 2.45) is 56.7 Å². The Morgan fingerprint density at radius 2 is 1.91 bits per heavy atom. The lowest BCUT2D eigenvalue weighted by Crippen LogP contribution is -2.69. The summed E-state index contributed by atoms with van der Waals surface area (Å²) < 4.78 is 13.7. The van der Waals surface area contributed by atoms with Gasteiger partial charge in [0, 0.05) is 17.4 Å². The smallest absolute Gasteiger partial charge is 0.307 e. The van der Waals surface area contributed by atoms with Gasteiger partial charge in [-0.2, -0.15) is 4.80 Å². The summed E-state index contributed by atoms with van der Waals surface area (Å²) in [4.78, 5) is 15.1. The number of nitrogen functional groups attached to an aromatic ring is 1. The van der Waals surface area contributed by atoms with Crippen LogP contribution in [0.5, 0.6) is 0 Å². The molecule has 4 aliphatic carbocycles. The first-order valence-electron chi connectivity index (χ1n) is 17.6. The largest absolute Gasteiger partial charge is 0.481 e. The molecular formula is C35H56N6O4. The van der Waals surface area contributed by atoms with Gasteiger partial charge in [-0.25, -0.2) is 0 Å². The average Bonchev–Trinajstić information content (AvgIpc) is 3.66. The highest BCUT2D eigenvalue weighted by Crippen LogP contribution is 2.75. The fourth-order valence-electron chi connectivity index (χ4n) is 12.4. The summed E-state index contributed by atoms with van der Waals surface area (Å²) in [6, 6.07) is -0.116. The number of rotatable bonds is 6. The lowest BCUT2D eigenvalue weighted by atomic mass is 9.34. The van der Waals surface area contributed by atoms with Gasteiger partial charge in [0.15, 0.2) is 0 Å². The number of fused-ring (bicyclic) bond motifs is 3. The molecule has 2 saturated heterocycles. The second-order valence-electron chi connectivity index (χ2n) is 17.3. The second-order valence-corrected chi connectivity index (χ2v) is 17.3. The number of aliphatic carboxylic acids is 1. The van der Waals surface area contributed by atoms with Gasteiger partial charge in [-0.15, -0.1) is 5.10 Å². The van der Waals surface area contributed by atoms with Gasteiger partial charge in [-0.05, 0) is 96.6 Å². The van der Waals surface area contributed by atoms with Crippen LogP contribution in [0.4, 0.5) is 5.95 Å². The Balaban J connectivity index is 1.32. The SMILES string of the molecule is CC(C)[C@@H](C)[C@@]1(C)CC[C@]2(C)[C@H]3CC[C@@H]4[C@@]5(COC[C@@]4(C)[C@@H](OC4CCNC4)[C@H](n4nnc(N)n4)C5)C3=CC[C@@]2(C)[C@@H]1C(=O)O. The molecule has 45 heavy (non-hydrogen) atoms. The zero-order valence-electron chi connectivity index (χ0n) is 28.5. The summed E-state index contributed by atoms with van der Waals surface area (Å²) in [5, 5.41) is 27.6. The summed E-state index contributed by atoms with van der Waals surface area (Å²) in [5.41, 5.74) is 6.40. The molecule has 1 aromatic rings. The van der Waals surface area contributed by atoms with Crippen molar-refractivity contribution in [1.29, 1.82) is 0 Å². The molecule has 3 heterocycles. The van der Waals surface area contributed by atoms with Gasteiger partial charge in [0.1, 0.15) is 6.04 Å². The standard InChI is InChI=1S/C35H56N6O4/c1-20(2)21(3)31(4)13-14-33(6)23-8-9-26-32(5)18-44-19-35(26,24(23)10-12-34(33,7)27(31)29(42)43)16-25(41-39-30(36)38-40-41)28(32)45-22-11-15-37-17-22/h10,20-23,25-28,37H,8-9,11-19H2,1-7H3,(H2,36,39)(H,42,43)/t21-,22?,23+,25-,26+,27-,28+,31-,32-,33-,34+,35+/m1/s1. The van der Waals surface area contributed by atoms with Crippen molar-refractivity contribution in [2.75, 3.05) is 32.0 Å². The number of nitrogens with one attached hydrogen (secondary N) is 1. The van der Waals surface area contributed by atoms with Crippen LogP contribution < -0.4 is 11.1 Å². The first kappa shape index (κ1) is 31.6. The third-order valence-corrected chi connectivity index (χ3v) is 15.2. The lowest BCUT2D eigenvalue weighted by molar-refractivity contribution is -0.258. The third kappa shape index (κ3) is 4.22. The zero-order chi connectivity index (χ0) is 32.2. The molecule has 10 nitrogen and oxygen atoms in total. The van der Waals surface area contributed by atoms with E-state index in [-0.39, 0.29) is 51.3 Å². The van der Waals surface area contributed by atoms with E-state index >= 15 is 0 Å². The topological polar surface area (TPSA) is 137 Å².